The summed E-state index contributed by atoms with van der Waals surface area (Å²) in [5, 5.41) is 9.88. The molecule has 88 valence electrons. The summed E-state index contributed by atoms with van der Waals surface area (Å²) in [5.74, 6) is 0. The van der Waals surface area contributed by atoms with Crippen molar-refractivity contribution in [2.24, 2.45) is 0 Å². The summed E-state index contributed by atoms with van der Waals surface area (Å²) in [4.78, 5) is 0. The van der Waals surface area contributed by atoms with Gasteiger partial charge in [0.15, 0.2) is 0 Å². The van der Waals surface area contributed by atoms with E-state index in [1.807, 2.05) is 12.1 Å². The third kappa shape index (κ3) is 2.95. The van der Waals surface area contributed by atoms with E-state index in [1.54, 1.807) is 12.1 Å². The zero-order chi connectivity index (χ0) is 11.4. The standard InChI is InChI=1S/C12H17NO3/c13-10-3-1-2-9(6-10)12(14)8-16-11-4-5-15-7-11/h1-3,6,11-12,14H,4-5,7-8,13H2. The van der Waals surface area contributed by atoms with Crippen LogP contribution in [0.15, 0.2) is 24.3 Å². The van der Waals surface area contributed by atoms with Crippen molar-refractivity contribution in [3.05, 3.63) is 29.8 Å². The molecule has 0 aromatic heterocycles. The van der Waals surface area contributed by atoms with E-state index in [0.717, 1.165) is 18.6 Å². The summed E-state index contributed by atoms with van der Waals surface area (Å²) in [5.41, 5.74) is 7.09. The van der Waals surface area contributed by atoms with Gasteiger partial charge in [-0.15, -0.1) is 0 Å². The minimum atomic E-state index is -0.621. The lowest BCUT2D eigenvalue weighted by Crippen LogP contribution is -2.17. The van der Waals surface area contributed by atoms with Crippen molar-refractivity contribution in [2.45, 2.75) is 18.6 Å². The minimum absolute atomic E-state index is 0.121. The fourth-order valence-electron chi connectivity index (χ4n) is 1.73. The molecule has 0 spiro atoms. The monoisotopic (exact) mass is 223 g/mol. The Labute approximate surface area is 95.0 Å². The Morgan fingerprint density at radius 3 is 3.12 bits per heavy atom. The Balaban J connectivity index is 1.85. The van der Waals surface area contributed by atoms with E-state index >= 15 is 0 Å². The van der Waals surface area contributed by atoms with Crippen molar-refractivity contribution in [3.8, 4) is 0 Å². The van der Waals surface area contributed by atoms with Crippen LogP contribution in [0.1, 0.15) is 18.1 Å². The molecule has 0 aliphatic carbocycles. The van der Waals surface area contributed by atoms with Gasteiger partial charge in [0.05, 0.1) is 19.3 Å². The van der Waals surface area contributed by atoms with E-state index in [0.29, 0.717) is 12.3 Å². The number of aliphatic hydroxyl groups excluding tert-OH is 1. The number of benzene rings is 1. The van der Waals surface area contributed by atoms with Crippen molar-refractivity contribution >= 4 is 5.69 Å². The molecule has 3 N–H and O–H groups in total. The van der Waals surface area contributed by atoms with Gasteiger partial charge in [-0.2, -0.15) is 0 Å². The van der Waals surface area contributed by atoms with Crippen molar-refractivity contribution in [2.75, 3.05) is 25.6 Å². The largest absolute Gasteiger partial charge is 0.399 e. The number of anilines is 1. The van der Waals surface area contributed by atoms with Crippen LogP contribution in [0.25, 0.3) is 0 Å². The van der Waals surface area contributed by atoms with Gasteiger partial charge in [0.1, 0.15) is 6.10 Å². The van der Waals surface area contributed by atoms with Crippen LogP contribution in [0.3, 0.4) is 0 Å². The highest BCUT2D eigenvalue weighted by molar-refractivity contribution is 5.41. The van der Waals surface area contributed by atoms with E-state index < -0.39 is 6.10 Å². The molecule has 4 nitrogen and oxygen atoms in total. The first kappa shape index (κ1) is 11.4. The van der Waals surface area contributed by atoms with Crippen LogP contribution in [0.4, 0.5) is 5.69 Å². The Morgan fingerprint density at radius 2 is 2.44 bits per heavy atom. The molecular formula is C12H17NO3. The van der Waals surface area contributed by atoms with Gasteiger partial charge in [-0.05, 0) is 24.1 Å². The van der Waals surface area contributed by atoms with Gasteiger partial charge in [-0.1, -0.05) is 12.1 Å². The van der Waals surface area contributed by atoms with Gasteiger partial charge in [0.25, 0.3) is 0 Å². The van der Waals surface area contributed by atoms with Gasteiger partial charge >= 0.3 is 0 Å². The predicted octanol–water partition coefficient (Wildman–Crippen LogP) is 1.11. The summed E-state index contributed by atoms with van der Waals surface area (Å²) < 4.78 is 10.7. The molecule has 2 rings (SSSR count). The summed E-state index contributed by atoms with van der Waals surface area (Å²) >= 11 is 0. The highest BCUT2D eigenvalue weighted by Gasteiger charge is 2.18. The molecule has 1 aliphatic rings. The Morgan fingerprint density at radius 1 is 1.56 bits per heavy atom. The highest BCUT2D eigenvalue weighted by atomic mass is 16.5. The quantitative estimate of drug-likeness (QED) is 0.750. The van der Waals surface area contributed by atoms with Crippen molar-refractivity contribution in [1.82, 2.24) is 0 Å². The lowest BCUT2D eigenvalue weighted by Gasteiger charge is -2.15. The van der Waals surface area contributed by atoms with Crippen LogP contribution in [0.5, 0.6) is 0 Å². The maximum absolute atomic E-state index is 9.88. The summed E-state index contributed by atoms with van der Waals surface area (Å²) in [7, 11) is 0. The topological polar surface area (TPSA) is 64.7 Å². The molecule has 1 fully saturated rings. The van der Waals surface area contributed by atoms with Gasteiger partial charge < -0.3 is 20.3 Å². The number of aliphatic hydroxyl groups is 1. The molecule has 2 atom stereocenters. The molecule has 1 aromatic rings. The molecule has 0 radical (unpaired) electrons. The zero-order valence-corrected chi connectivity index (χ0v) is 9.13. The number of rotatable bonds is 4. The van der Waals surface area contributed by atoms with Crippen LogP contribution >= 0.6 is 0 Å². The molecule has 0 bridgehead atoms. The second kappa shape index (κ2) is 5.30. The maximum atomic E-state index is 9.88. The first-order valence-corrected chi connectivity index (χ1v) is 5.48. The first-order chi connectivity index (χ1) is 7.75. The van der Waals surface area contributed by atoms with Crippen molar-refractivity contribution in [3.63, 3.8) is 0 Å². The number of hydrogen-bond donors (Lipinski definition) is 2. The summed E-state index contributed by atoms with van der Waals surface area (Å²) in [6, 6.07) is 7.23. The van der Waals surface area contributed by atoms with Crippen LogP contribution < -0.4 is 5.73 Å². The fourth-order valence-corrected chi connectivity index (χ4v) is 1.73. The normalized spacial score (nSPS) is 22.2. The molecule has 2 unspecified atom stereocenters. The van der Waals surface area contributed by atoms with Gasteiger partial charge in [0, 0.05) is 12.3 Å². The van der Waals surface area contributed by atoms with E-state index in [-0.39, 0.29) is 12.7 Å². The molecule has 1 aromatic carbocycles. The third-order valence-electron chi connectivity index (χ3n) is 2.67. The minimum Gasteiger partial charge on any atom is -0.399 e. The van der Waals surface area contributed by atoms with Crippen LogP contribution in [-0.4, -0.2) is 31.0 Å². The van der Waals surface area contributed by atoms with Crippen molar-refractivity contribution in [1.29, 1.82) is 0 Å². The Kier molecular flexibility index (Phi) is 3.77. The fraction of sp³-hybridized carbons (Fsp3) is 0.500. The smallest absolute Gasteiger partial charge is 0.102 e. The zero-order valence-electron chi connectivity index (χ0n) is 9.13. The lowest BCUT2D eigenvalue weighted by molar-refractivity contribution is -0.0131. The van der Waals surface area contributed by atoms with E-state index in [2.05, 4.69) is 0 Å². The lowest BCUT2D eigenvalue weighted by atomic mass is 10.1. The number of nitrogens with two attached hydrogens (primary N) is 1. The molecule has 1 saturated heterocycles. The van der Waals surface area contributed by atoms with Crippen molar-refractivity contribution < 1.29 is 14.6 Å². The summed E-state index contributed by atoms with van der Waals surface area (Å²) in [6.07, 6.45) is 0.406. The number of nitrogen functional groups attached to an aromatic ring is 1. The number of ether oxygens (including phenoxy) is 2. The van der Waals surface area contributed by atoms with Crippen LogP contribution in [-0.2, 0) is 9.47 Å². The maximum Gasteiger partial charge on any atom is 0.102 e. The molecule has 1 heterocycles. The van der Waals surface area contributed by atoms with Gasteiger partial charge in [-0.3, -0.25) is 0 Å². The van der Waals surface area contributed by atoms with E-state index in [4.69, 9.17) is 15.2 Å². The summed E-state index contributed by atoms with van der Waals surface area (Å²) in [6.45, 7) is 1.67. The first-order valence-electron chi connectivity index (χ1n) is 5.48. The molecule has 4 heteroatoms. The van der Waals surface area contributed by atoms with E-state index in [9.17, 15) is 5.11 Å². The second-order valence-corrected chi connectivity index (χ2v) is 4.00. The molecule has 0 amide bonds. The average Bonchev–Trinajstić information content (AvgIpc) is 2.78. The Bertz CT molecular complexity index is 337. The average molecular weight is 223 g/mol. The molecular weight excluding hydrogens is 206 g/mol. The number of hydrogen-bond acceptors (Lipinski definition) is 4. The second-order valence-electron chi connectivity index (χ2n) is 4.00. The highest BCUT2D eigenvalue weighted by Crippen LogP contribution is 2.18. The van der Waals surface area contributed by atoms with Gasteiger partial charge in [0.2, 0.25) is 0 Å². The molecule has 16 heavy (non-hydrogen) atoms. The molecule has 1 aliphatic heterocycles. The molecule has 0 saturated carbocycles. The Hall–Kier alpha value is -1.10. The van der Waals surface area contributed by atoms with Crippen LogP contribution in [0.2, 0.25) is 0 Å². The third-order valence-corrected chi connectivity index (χ3v) is 2.67. The van der Waals surface area contributed by atoms with Crippen LogP contribution in [0, 0.1) is 0 Å². The van der Waals surface area contributed by atoms with E-state index in [1.165, 1.54) is 0 Å². The SMILES string of the molecule is Nc1cccc(C(O)COC2CCOC2)c1. The predicted molar refractivity (Wildman–Crippen MR) is 61.0 cm³/mol. The van der Waals surface area contributed by atoms with Gasteiger partial charge in [-0.25, -0.2) is 0 Å².